The number of hydrogen-bond acceptors (Lipinski definition) is 1. The predicted octanol–water partition coefficient (Wildman–Crippen LogP) is 4.65. The second-order valence-corrected chi connectivity index (χ2v) is 5.12. The third-order valence-electron chi connectivity index (χ3n) is 2.03. The molecule has 0 bridgehead atoms. The van der Waals surface area contributed by atoms with Gasteiger partial charge in [0, 0.05) is 31.4 Å². The second-order valence-electron chi connectivity index (χ2n) is 2.85. The van der Waals surface area contributed by atoms with E-state index in [1.54, 1.807) is 0 Å². The fraction of sp³-hybridized carbons (Fsp3) is 0.100. The van der Waals surface area contributed by atoms with E-state index in [-0.39, 0.29) is 0 Å². The Balaban J connectivity index is 2.90. The van der Waals surface area contributed by atoms with Crippen LogP contribution in [0.1, 0.15) is 5.56 Å². The Hall–Kier alpha value is 0.0700. The molecule has 2 aromatic rings. The number of pyridine rings is 1. The van der Waals surface area contributed by atoms with E-state index in [9.17, 15) is 0 Å². The highest BCUT2D eigenvalue weighted by molar-refractivity contribution is 9.11. The van der Waals surface area contributed by atoms with Gasteiger partial charge in [0.05, 0.1) is 5.52 Å². The van der Waals surface area contributed by atoms with Gasteiger partial charge in [0.15, 0.2) is 0 Å². The largest absolute Gasteiger partial charge is 0.256 e. The Morgan fingerprint density at radius 1 is 1.21 bits per heavy atom. The van der Waals surface area contributed by atoms with Gasteiger partial charge in [-0.3, -0.25) is 4.98 Å². The van der Waals surface area contributed by atoms with E-state index in [0.717, 1.165) is 25.2 Å². The van der Waals surface area contributed by atoms with Gasteiger partial charge in [-0.25, -0.2) is 0 Å². The average molecular weight is 380 g/mol. The maximum absolute atomic E-state index is 4.38. The fourth-order valence-electron chi connectivity index (χ4n) is 1.35. The fourth-order valence-corrected chi connectivity index (χ4v) is 3.71. The lowest BCUT2D eigenvalue weighted by atomic mass is 10.1. The van der Waals surface area contributed by atoms with Crippen LogP contribution < -0.4 is 0 Å². The number of nitrogens with zero attached hydrogens (tertiary/aromatic N) is 1. The number of hydrogen-bond donors (Lipinski definition) is 0. The normalized spacial score (nSPS) is 10.8. The first-order valence-electron chi connectivity index (χ1n) is 4.01. The molecule has 0 spiro atoms. The quantitative estimate of drug-likeness (QED) is 0.657. The molecule has 72 valence electrons. The molecule has 0 amide bonds. The van der Waals surface area contributed by atoms with Crippen LogP contribution in [0.5, 0.6) is 0 Å². The van der Waals surface area contributed by atoms with Gasteiger partial charge >= 0.3 is 0 Å². The van der Waals surface area contributed by atoms with Crippen molar-refractivity contribution in [3.63, 3.8) is 0 Å². The minimum Gasteiger partial charge on any atom is -0.256 e. The molecule has 1 nitrogen and oxygen atoms in total. The van der Waals surface area contributed by atoms with E-state index in [4.69, 9.17) is 0 Å². The van der Waals surface area contributed by atoms with E-state index >= 15 is 0 Å². The van der Waals surface area contributed by atoms with Gasteiger partial charge in [-0.1, -0.05) is 53.9 Å². The SMILES string of the molecule is BrCc1c(Br)cc(Br)c2cccnc12. The summed E-state index contributed by atoms with van der Waals surface area (Å²) in [5.41, 5.74) is 2.22. The minimum atomic E-state index is 0.800. The van der Waals surface area contributed by atoms with Crippen molar-refractivity contribution >= 4 is 58.7 Å². The molecule has 1 aromatic heterocycles. The van der Waals surface area contributed by atoms with E-state index in [1.165, 1.54) is 5.56 Å². The standard InChI is InChI=1S/C10H6Br3N/c11-5-7-9(13)4-8(12)6-2-1-3-14-10(6)7/h1-4H,5H2. The monoisotopic (exact) mass is 377 g/mol. The molecule has 0 aliphatic heterocycles. The van der Waals surface area contributed by atoms with Crippen molar-refractivity contribution in [2.24, 2.45) is 0 Å². The summed E-state index contributed by atoms with van der Waals surface area (Å²) >= 11 is 10.5. The summed E-state index contributed by atoms with van der Waals surface area (Å²) in [4.78, 5) is 4.38. The van der Waals surface area contributed by atoms with Crippen LogP contribution in [-0.4, -0.2) is 4.98 Å². The number of halogens is 3. The van der Waals surface area contributed by atoms with Gasteiger partial charge in [0.1, 0.15) is 0 Å². The Morgan fingerprint density at radius 2 is 2.00 bits per heavy atom. The molecular weight excluding hydrogens is 374 g/mol. The first kappa shape index (κ1) is 10.6. The van der Waals surface area contributed by atoms with Gasteiger partial charge in [0.25, 0.3) is 0 Å². The molecule has 2 rings (SSSR count). The summed E-state index contributed by atoms with van der Waals surface area (Å²) in [6.07, 6.45) is 1.81. The Labute approximate surface area is 107 Å². The van der Waals surface area contributed by atoms with E-state index < -0.39 is 0 Å². The highest BCUT2D eigenvalue weighted by Gasteiger charge is 2.08. The topological polar surface area (TPSA) is 12.9 Å². The molecule has 1 heterocycles. The van der Waals surface area contributed by atoms with Gasteiger partial charge < -0.3 is 0 Å². The van der Waals surface area contributed by atoms with Gasteiger partial charge in [0.2, 0.25) is 0 Å². The van der Waals surface area contributed by atoms with Gasteiger partial charge in [-0.05, 0) is 12.1 Å². The Kier molecular flexibility index (Phi) is 3.24. The Bertz CT molecular complexity index is 482. The summed E-state index contributed by atoms with van der Waals surface area (Å²) in [5.74, 6) is 0. The highest BCUT2D eigenvalue weighted by Crippen LogP contribution is 2.32. The molecule has 0 radical (unpaired) electrons. The molecule has 4 heteroatoms. The molecule has 14 heavy (non-hydrogen) atoms. The lowest BCUT2D eigenvalue weighted by Crippen LogP contribution is -1.88. The number of aromatic nitrogens is 1. The first-order chi connectivity index (χ1) is 6.74. The zero-order valence-corrected chi connectivity index (χ0v) is 11.9. The maximum Gasteiger partial charge on any atom is 0.0765 e. The van der Waals surface area contributed by atoms with Crippen molar-refractivity contribution in [2.75, 3.05) is 0 Å². The zero-order valence-electron chi connectivity index (χ0n) is 7.10. The summed E-state index contributed by atoms with van der Waals surface area (Å²) < 4.78 is 2.14. The van der Waals surface area contributed by atoms with Crippen molar-refractivity contribution in [1.82, 2.24) is 4.98 Å². The number of alkyl halides is 1. The minimum absolute atomic E-state index is 0.800. The second kappa shape index (κ2) is 4.29. The highest BCUT2D eigenvalue weighted by atomic mass is 79.9. The third kappa shape index (κ3) is 1.75. The predicted molar refractivity (Wildman–Crippen MR) is 69.8 cm³/mol. The van der Waals surface area contributed by atoms with Gasteiger partial charge in [-0.15, -0.1) is 0 Å². The lowest BCUT2D eigenvalue weighted by Gasteiger charge is -2.07. The molecule has 0 unspecified atom stereocenters. The average Bonchev–Trinajstić information content (AvgIpc) is 2.18. The van der Waals surface area contributed by atoms with E-state index in [1.807, 2.05) is 12.3 Å². The molecular formula is C10H6Br3N. The number of fused-ring (bicyclic) bond motifs is 1. The van der Waals surface area contributed by atoms with Crippen LogP contribution in [0.3, 0.4) is 0 Å². The Morgan fingerprint density at radius 3 is 2.71 bits per heavy atom. The van der Waals surface area contributed by atoms with Crippen molar-refractivity contribution in [3.05, 3.63) is 38.9 Å². The summed E-state index contributed by atoms with van der Waals surface area (Å²) in [7, 11) is 0. The summed E-state index contributed by atoms with van der Waals surface area (Å²) in [5, 5.41) is 1.94. The molecule has 0 fully saturated rings. The summed E-state index contributed by atoms with van der Waals surface area (Å²) in [6.45, 7) is 0. The van der Waals surface area contributed by atoms with Crippen LogP contribution in [0.4, 0.5) is 0 Å². The molecule has 0 saturated heterocycles. The number of benzene rings is 1. The molecule has 0 N–H and O–H groups in total. The maximum atomic E-state index is 4.38. The van der Waals surface area contributed by atoms with Crippen LogP contribution >= 0.6 is 47.8 Å². The lowest BCUT2D eigenvalue weighted by molar-refractivity contribution is 1.33. The van der Waals surface area contributed by atoms with Crippen LogP contribution in [0.2, 0.25) is 0 Å². The van der Waals surface area contributed by atoms with E-state index in [0.29, 0.717) is 0 Å². The molecule has 1 aromatic carbocycles. The number of rotatable bonds is 1. The first-order valence-corrected chi connectivity index (χ1v) is 6.72. The third-order valence-corrected chi connectivity index (χ3v) is 3.95. The molecule has 0 aliphatic rings. The smallest absolute Gasteiger partial charge is 0.0765 e. The zero-order chi connectivity index (χ0) is 10.1. The van der Waals surface area contributed by atoms with Crippen LogP contribution in [0, 0.1) is 0 Å². The van der Waals surface area contributed by atoms with Crippen LogP contribution in [0.15, 0.2) is 33.3 Å². The molecule has 0 aliphatic carbocycles. The van der Waals surface area contributed by atoms with Crippen molar-refractivity contribution < 1.29 is 0 Å². The van der Waals surface area contributed by atoms with Crippen LogP contribution in [-0.2, 0) is 5.33 Å². The van der Waals surface area contributed by atoms with Crippen molar-refractivity contribution in [3.8, 4) is 0 Å². The van der Waals surface area contributed by atoms with Crippen molar-refractivity contribution in [2.45, 2.75) is 5.33 Å². The van der Waals surface area contributed by atoms with Crippen molar-refractivity contribution in [1.29, 1.82) is 0 Å². The summed E-state index contributed by atoms with van der Waals surface area (Å²) in [6, 6.07) is 6.06. The van der Waals surface area contributed by atoms with Crippen LogP contribution in [0.25, 0.3) is 10.9 Å². The molecule has 0 saturated carbocycles. The molecule has 0 atom stereocenters. The van der Waals surface area contributed by atoms with Gasteiger partial charge in [-0.2, -0.15) is 0 Å². The van der Waals surface area contributed by atoms with E-state index in [2.05, 4.69) is 64.9 Å².